The number of rotatable bonds is 5. The standard InChI is InChI=1S/C15H28N2O4/c1-12(13(18)19)6-5-7-16-8-10-17(11-9-16)14(20)21-15(2,3)4/h12H,5-11H2,1-4H3,(H,18,19). The largest absolute Gasteiger partial charge is 0.481 e. The Hall–Kier alpha value is -1.30. The minimum atomic E-state index is -0.732. The first-order valence-electron chi connectivity index (χ1n) is 7.62. The summed E-state index contributed by atoms with van der Waals surface area (Å²) in [4.78, 5) is 26.7. The van der Waals surface area contributed by atoms with Gasteiger partial charge < -0.3 is 14.7 Å². The SMILES string of the molecule is CC(CCCN1CCN(C(=O)OC(C)(C)C)CC1)C(=O)O. The third-order valence-electron chi connectivity index (χ3n) is 3.56. The van der Waals surface area contributed by atoms with Gasteiger partial charge in [0.05, 0.1) is 5.92 Å². The van der Waals surface area contributed by atoms with Crippen LogP contribution < -0.4 is 0 Å². The molecule has 0 aromatic rings. The van der Waals surface area contributed by atoms with Crippen LogP contribution >= 0.6 is 0 Å². The molecule has 1 aliphatic heterocycles. The molecule has 1 unspecified atom stereocenters. The Balaban J connectivity index is 2.23. The molecule has 0 aliphatic carbocycles. The van der Waals surface area contributed by atoms with Crippen molar-refractivity contribution in [2.45, 2.75) is 46.1 Å². The number of piperazine rings is 1. The topological polar surface area (TPSA) is 70.1 Å². The molecular formula is C15H28N2O4. The number of amides is 1. The van der Waals surface area contributed by atoms with Crippen molar-refractivity contribution in [1.82, 2.24) is 9.80 Å². The van der Waals surface area contributed by atoms with E-state index in [1.807, 2.05) is 20.8 Å². The Morgan fingerprint density at radius 1 is 1.19 bits per heavy atom. The van der Waals surface area contributed by atoms with Crippen LogP contribution in [0, 0.1) is 5.92 Å². The second-order valence-electron chi connectivity index (χ2n) is 6.69. The van der Waals surface area contributed by atoms with Crippen molar-refractivity contribution in [2.75, 3.05) is 32.7 Å². The molecule has 0 aromatic carbocycles. The van der Waals surface area contributed by atoms with Crippen LogP contribution in [0.3, 0.4) is 0 Å². The number of carboxylic acid groups (broad SMARTS) is 1. The van der Waals surface area contributed by atoms with Crippen molar-refractivity contribution in [3.05, 3.63) is 0 Å². The number of hydrogen-bond acceptors (Lipinski definition) is 4. The first-order chi connectivity index (χ1) is 9.69. The summed E-state index contributed by atoms with van der Waals surface area (Å²) in [7, 11) is 0. The van der Waals surface area contributed by atoms with E-state index < -0.39 is 11.6 Å². The van der Waals surface area contributed by atoms with Gasteiger partial charge in [0.2, 0.25) is 0 Å². The summed E-state index contributed by atoms with van der Waals surface area (Å²) in [5, 5.41) is 8.84. The van der Waals surface area contributed by atoms with Crippen LogP contribution in [0.15, 0.2) is 0 Å². The fourth-order valence-electron chi connectivity index (χ4n) is 2.23. The number of carbonyl (C=O) groups excluding carboxylic acids is 1. The molecule has 0 saturated carbocycles. The highest BCUT2D eigenvalue weighted by molar-refractivity contribution is 5.69. The van der Waals surface area contributed by atoms with Gasteiger partial charge in [0, 0.05) is 26.2 Å². The molecule has 0 aromatic heterocycles. The van der Waals surface area contributed by atoms with Gasteiger partial charge in [-0.25, -0.2) is 4.79 Å². The summed E-state index contributed by atoms with van der Waals surface area (Å²) >= 11 is 0. The Morgan fingerprint density at radius 2 is 1.76 bits per heavy atom. The highest BCUT2D eigenvalue weighted by Gasteiger charge is 2.25. The third-order valence-corrected chi connectivity index (χ3v) is 3.56. The fraction of sp³-hybridized carbons (Fsp3) is 0.867. The first-order valence-corrected chi connectivity index (χ1v) is 7.62. The van der Waals surface area contributed by atoms with Crippen molar-refractivity contribution >= 4 is 12.1 Å². The molecule has 0 radical (unpaired) electrons. The van der Waals surface area contributed by atoms with E-state index in [0.29, 0.717) is 19.5 Å². The minimum absolute atomic E-state index is 0.248. The lowest BCUT2D eigenvalue weighted by molar-refractivity contribution is -0.141. The molecule has 1 fully saturated rings. The average Bonchev–Trinajstić information content (AvgIpc) is 2.37. The van der Waals surface area contributed by atoms with Gasteiger partial charge in [-0.1, -0.05) is 6.92 Å². The highest BCUT2D eigenvalue weighted by atomic mass is 16.6. The molecule has 1 saturated heterocycles. The molecule has 21 heavy (non-hydrogen) atoms. The Labute approximate surface area is 127 Å². The predicted octanol–water partition coefficient (Wildman–Crippen LogP) is 2.04. The zero-order valence-electron chi connectivity index (χ0n) is 13.6. The van der Waals surface area contributed by atoms with Gasteiger partial charge in [-0.15, -0.1) is 0 Å². The van der Waals surface area contributed by atoms with Gasteiger partial charge in [0.1, 0.15) is 5.60 Å². The zero-order valence-corrected chi connectivity index (χ0v) is 13.6. The molecule has 6 nitrogen and oxygen atoms in total. The number of ether oxygens (including phenoxy) is 1. The van der Waals surface area contributed by atoms with Crippen LogP contribution in [0.25, 0.3) is 0 Å². The van der Waals surface area contributed by atoms with E-state index in [0.717, 1.165) is 26.1 Å². The number of aliphatic carboxylic acids is 1. The van der Waals surface area contributed by atoms with E-state index in [4.69, 9.17) is 9.84 Å². The summed E-state index contributed by atoms with van der Waals surface area (Å²) < 4.78 is 5.35. The number of carboxylic acids is 1. The van der Waals surface area contributed by atoms with Crippen molar-refractivity contribution < 1.29 is 19.4 Å². The third kappa shape index (κ3) is 6.80. The smallest absolute Gasteiger partial charge is 0.410 e. The second kappa shape index (κ2) is 7.64. The molecule has 1 amide bonds. The maximum atomic E-state index is 11.9. The van der Waals surface area contributed by atoms with Crippen LogP contribution in [0.2, 0.25) is 0 Å². The van der Waals surface area contributed by atoms with E-state index in [1.165, 1.54) is 0 Å². The number of carbonyl (C=O) groups is 2. The highest BCUT2D eigenvalue weighted by Crippen LogP contribution is 2.13. The summed E-state index contributed by atoms with van der Waals surface area (Å²) in [5.41, 5.74) is -0.457. The molecule has 122 valence electrons. The quantitative estimate of drug-likeness (QED) is 0.841. The first kappa shape index (κ1) is 17.8. The molecule has 6 heteroatoms. The van der Waals surface area contributed by atoms with Gasteiger partial charge in [-0.05, 0) is 40.2 Å². The van der Waals surface area contributed by atoms with E-state index >= 15 is 0 Å². The molecule has 1 aliphatic rings. The van der Waals surface area contributed by atoms with Crippen molar-refractivity contribution in [3.8, 4) is 0 Å². The number of nitrogens with zero attached hydrogens (tertiary/aromatic N) is 2. The second-order valence-corrected chi connectivity index (χ2v) is 6.69. The summed E-state index contributed by atoms with van der Waals surface area (Å²) in [6, 6.07) is 0. The lowest BCUT2D eigenvalue weighted by Crippen LogP contribution is -2.50. The summed E-state index contributed by atoms with van der Waals surface area (Å²) in [6.07, 6.45) is 1.32. The zero-order chi connectivity index (χ0) is 16.0. The van der Waals surface area contributed by atoms with Gasteiger partial charge in [0.15, 0.2) is 0 Å². The Bertz CT molecular complexity index is 357. The summed E-state index contributed by atoms with van der Waals surface area (Å²) in [5.74, 6) is -1.02. The van der Waals surface area contributed by atoms with E-state index in [1.54, 1.807) is 11.8 Å². The van der Waals surface area contributed by atoms with Gasteiger partial charge >= 0.3 is 12.1 Å². The molecule has 0 bridgehead atoms. The number of hydrogen-bond donors (Lipinski definition) is 1. The van der Waals surface area contributed by atoms with Gasteiger partial charge in [0.25, 0.3) is 0 Å². The maximum absolute atomic E-state index is 11.9. The van der Waals surface area contributed by atoms with Crippen LogP contribution in [0.1, 0.15) is 40.5 Å². The van der Waals surface area contributed by atoms with Crippen LogP contribution in [0.4, 0.5) is 4.79 Å². The van der Waals surface area contributed by atoms with Crippen molar-refractivity contribution in [3.63, 3.8) is 0 Å². The normalized spacial score (nSPS) is 18.4. The molecular weight excluding hydrogens is 272 g/mol. The predicted molar refractivity (Wildman–Crippen MR) is 80.3 cm³/mol. The maximum Gasteiger partial charge on any atom is 0.410 e. The van der Waals surface area contributed by atoms with E-state index in [9.17, 15) is 9.59 Å². The van der Waals surface area contributed by atoms with Crippen LogP contribution in [-0.4, -0.2) is 65.3 Å². The van der Waals surface area contributed by atoms with Gasteiger partial charge in [-0.2, -0.15) is 0 Å². The van der Waals surface area contributed by atoms with Crippen molar-refractivity contribution in [2.24, 2.45) is 5.92 Å². The van der Waals surface area contributed by atoms with Crippen LogP contribution in [-0.2, 0) is 9.53 Å². The molecule has 0 spiro atoms. The Morgan fingerprint density at radius 3 is 2.24 bits per heavy atom. The Kier molecular flexibility index (Phi) is 6.45. The molecule has 1 heterocycles. The average molecular weight is 300 g/mol. The minimum Gasteiger partial charge on any atom is -0.481 e. The van der Waals surface area contributed by atoms with Crippen LogP contribution in [0.5, 0.6) is 0 Å². The lowest BCUT2D eigenvalue weighted by Gasteiger charge is -2.35. The molecule has 1 rings (SSSR count). The summed E-state index contributed by atoms with van der Waals surface area (Å²) in [6.45, 7) is 11.2. The van der Waals surface area contributed by atoms with Crippen molar-refractivity contribution in [1.29, 1.82) is 0 Å². The fourth-order valence-corrected chi connectivity index (χ4v) is 2.23. The molecule has 1 N–H and O–H groups in total. The lowest BCUT2D eigenvalue weighted by atomic mass is 10.1. The monoisotopic (exact) mass is 300 g/mol. The molecule has 1 atom stereocenters. The van der Waals surface area contributed by atoms with E-state index in [2.05, 4.69) is 4.90 Å². The van der Waals surface area contributed by atoms with Gasteiger partial charge in [-0.3, -0.25) is 9.69 Å². The van der Waals surface area contributed by atoms with E-state index in [-0.39, 0.29) is 12.0 Å².